The number of nitrogens with zero attached hydrogens (tertiary/aromatic N) is 3. The lowest BCUT2D eigenvalue weighted by atomic mass is 10.3. The summed E-state index contributed by atoms with van der Waals surface area (Å²) in [5.41, 5.74) is 2.75. The van der Waals surface area contributed by atoms with Crippen LogP contribution in [0.4, 0.5) is 0 Å². The molecule has 1 heterocycles. The third-order valence-electron chi connectivity index (χ3n) is 1.89. The summed E-state index contributed by atoms with van der Waals surface area (Å²) in [5, 5.41) is 9.13. The largest absolute Gasteiger partial charge is 0.307 e. The molecule has 0 aliphatic rings. The molecule has 0 unspecified atom stereocenters. The molecule has 1 rings (SSSR count). The summed E-state index contributed by atoms with van der Waals surface area (Å²) >= 11 is 0. The number of hydrogen-bond donors (Lipinski definition) is 0. The van der Waals surface area contributed by atoms with Crippen LogP contribution in [-0.2, 0) is 11.4 Å². The van der Waals surface area contributed by atoms with Crippen molar-refractivity contribution in [3.63, 3.8) is 0 Å². The van der Waals surface area contributed by atoms with E-state index in [0.717, 1.165) is 11.4 Å². The van der Waals surface area contributed by atoms with Crippen LogP contribution in [-0.4, -0.2) is 15.1 Å². The molecule has 0 spiro atoms. The van der Waals surface area contributed by atoms with Crippen LogP contribution in [0.2, 0.25) is 0 Å². The van der Waals surface area contributed by atoms with Crippen molar-refractivity contribution in [2.75, 3.05) is 0 Å². The molecule has 1 aromatic rings. The number of rotatable bonds is 3. The van der Waals surface area contributed by atoms with E-state index in [1.54, 1.807) is 13.8 Å². The van der Waals surface area contributed by atoms with Gasteiger partial charge in [-0.1, -0.05) is 0 Å². The first-order valence-corrected chi connectivity index (χ1v) is 4.08. The molecule has 14 heavy (non-hydrogen) atoms. The molecule has 0 aromatic carbocycles. The summed E-state index contributed by atoms with van der Waals surface area (Å²) in [5.74, 6) is 0. The van der Waals surface area contributed by atoms with Crippen molar-refractivity contribution in [1.29, 1.82) is 0 Å². The third-order valence-corrected chi connectivity index (χ3v) is 1.89. The van der Waals surface area contributed by atoms with Crippen LogP contribution in [0.5, 0.6) is 0 Å². The monoisotopic (exact) mass is 197 g/mol. The van der Waals surface area contributed by atoms with Gasteiger partial charge in [0.1, 0.15) is 6.61 Å². The molecule has 0 fully saturated rings. The lowest BCUT2D eigenvalue weighted by molar-refractivity contribution is -0.763. The highest BCUT2D eigenvalue weighted by atomic mass is 16.9. The lowest BCUT2D eigenvalue weighted by Crippen LogP contribution is -2.07. The zero-order valence-electron chi connectivity index (χ0n) is 8.27. The first-order chi connectivity index (χ1) is 6.50. The highest BCUT2D eigenvalue weighted by Crippen LogP contribution is 2.07. The fourth-order valence-corrected chi connectivity index (χ4v) is 1.01. The smallest absolute Gasteiger partial charge is 0.294 e. The minimum Gasteiger partial charge on any atom is -0.307 e. The Morgan fingerprint density at radius 1 is 1.21 bits per heavy atom. The minimum atomic E-state index is -0.837. The molecule has 6 heteroatoms. The van der Waals surface area contributed by atoms with Gasteiger partial charge >= 0.3 is 0 Å². The van der Waals surface area contributed by atoms with Gasteiger partial charge in [-0.2, -0.15) is 0 Å². The Hall–Kier alpha value is -1.72. The second kappa shape index (κ2) is 3.99. The fraction of sp³-hybridized carbons (Fsp3) is 0.500. The van der Waals surface area contributed by atoms with Crippen molar-refractivity contribution < 1.29 is 9.92 Å². The number of hydrogen-bond acceptors (Lipinski definition) is 5. The maximum Gasteiger partial charge on any atom is 0.294 e. The summed E-state index contributed by atoms with van der Waals surface area (Å²) in [6, 6.07) is 0. The van der Waals surface area contributed by atoms with Crippen LogP contribution in [0.3, 0.4) is 0 Å². The van der Waals surface area contributed by atoms with Crippen molar-refractivity contribution in [2.24, 2.45) is 0 Å². The van der Waals surface area contributed by atoms with Crippen LogP contribution in [0.25, 0.3) is 0 Å². The van der Waals surface area contributed by atoms with Crippen molar-refractivity contribution in [3.8, 4) is 0 Å². The van der Waals surface area contributed by atoms with Crippen molar-refractivity contribution in [2.45, 2.75) is 27.4 Å². The Bertz CT molecular complexity index is 365. The lowest BCUT2D eigenvalue weighted by Gasteiger charge is -2.06. The highest BCUT2D eigenvalue weighted by Gasteiger charge is 2.06. The van der Waals surface area contributed by atoms with Crippen LogP contribution in [0, 0.1) is 30.9 Å². The number of aromatic nitrogens is 2. The van der Waals surface area contributed by atoms with Crippen molar-refractivity contribution in [1.82, 2.24) is 9.97 Å². The predicted molar refractivity (Wildman–Crippen MR) is 48.0 cm³/mol. The van der Waals surface area contributed by atoms with E-state index in [-0.39, 0.29) is 6.61 Å². The molecule has 0 amide bonds. The topological polar surface area (TPSA) is 78.2 Å². The Morgan fingerprint density at radius 2 is 1.79 bits per heavy atom. The molecule has 1 aromatic heterocycles. The average molecular weight is 197 g/mol. The predicted octanol–water partition coefficient (Wildman–Crippen LogP) is 1.11. The van der Waals surface area contributed by atoms with Gasteiger partial charge in [0.15, 0.2) is 0 Å². The van der Waals surface area contributed by atoms with Gasteiger partial charge in [0.25, 0.3) is 5.09 Å². The maximum atomic E-state index is 9.97. The van der Waals surface area contributed by atoms with E-state index in [9.17, 15) is 10.1 Å². The molecule has 0 saturated heterocycles. The molecule has 6 nitrogen and oxygen atoms in total. The molecule has 0 aliphatic carbocycles. The normalized spacial score (nSPS) is 9.93. The van der Waals surface area contributed by atoms with Gasteiger partial charge < -0.3 is 4.84 Å². The molecule has 0 bridgehead atoms. The highest BCUT2D eigenvalue weighted by molar-refractivity contribution is 5.16. The van der Waals surface area contributed by atoms with Gasteiger partial charge in [0.2, 0.25) is 0 Å². The second-order valence-electron chi connectivity index (χ2n) is 2.92. The molecule has 76 valence electrons. The maximum absolute atomic E-state index is 9.97. The minimum absolute atomic E-state index is 0.146. The molecule has 0 radical (unpaired) electrons. The first-order valence-electron chi connectivity index (χ1n) is 4.08. The third kappa shape index (κ3) is 2.38. The fourth-order valence-electron chi connectivity index (χ4n) is 1.01. The van der Waals surface area contributed by atoms with Gasteiger partial charge in [-0.15, -0.1) is 10.1 Å². The Kier molecular flexibility index (Phi) is 2.95. The van der Waals surface area contributed by atoms with Crippen LogP contribution in [0.1, 0.15) is 22.8 Å². The summed E-state index contributed by atoms with van der Waals surface area (Å²) in [6.07, 6.45) is 0. The second-order valence-corrected chi connectivity index (χ2v) is 2.92. The average Bonchev–Trinajstić information content (AvgIpc) is 2.09. The molecular weight excluding hydrogens is 186 g/mol. The zero-order chi connectivity index (χ0) is 10.7. The van der Waals surface area contributed by atoms with E-state index in [0.29, 0.717) is 11.4 Å². The molecule has 0 saturated carbocycles. The van der Waals surface area contributed by atoms with E-state index in [2.05, 4.69) is 14.8 Å². The molecule has 0 aliphatic heterocycles. The van der Waals surface area contributed by atoms with E-state index in [1.807, 2.05) is 6.92 Å². The standard InChI is InChI=1S/C8H11N3O3/c1-5-6(2)10-8(7(3)9-5)4-14-11(12)13/h4H2,1-3H3. The van der Waals surface area contributed by atoms with Crippen LogP contribution in [0.15, 0.2) is 0 Å². The SMILES string of the molecule is Cc1nc(C)c(CO[N+](=O)[O-])nc1C. The molecule has 0 atom stereocenters. The van der Waals surface area contributed by atoms with E-state index in [4.69, 9.17) is 0 Å². The number of aryl methyl sites for hydroxylation is 3. The van der Waals surface area contributed by atoms with Crippen LogP contribution >= 0.6 is 0 Å². The summed E-state index contributed by atoms with van der Waals surface area (Å²) in [4.78, 5) is 22.5. The van der Waals surface area contributed by atoms with Gasteiger partial charge in [0, 0.05) is 0 Å². The summed E-state index contributed by atoms with van der Waals surface area (Å²) < 4.78 is 0. The van der Waals surface area contributed by atoms with Gasteiger partial charge in [-0.05, 0) is 20.8 Å². The van der Waals surface area contributed by atoms with Crippen LogP contribution < -0.4 is 0 Å². The van der Waals surface area contributed by atoms with Gasteiger partial charge in [-0.3, -0.25) is 9.97 Å². The molecular formula is C8H11N3O3. The van der Waals surface area contributed by atoms with E-state index >= 15 is 0 Å². The van der Waals surface area contributed by atoms with E-state index < -0.39 is 5.09 Å². The van der Waals surface area contributed by atoms with Gasteiger partial charge in [-0.25, -0.2) is 0 Å². The van der Waals surface area contributed by atoms with Gasteiger partial charge in [0.05, 0.1) is 22.8 Å². The first kappa shape index (κ1) is 10.4. The Labute approximate surface area is 81.1 Å². The Morgan fingerprint density at radius 3 is 2.36 bits per heavy atom. The summed E-state index contributed by atoms with van der Waals surface area (Å²) in [7, 11) is 0. The molecule has 0 N–H and O–H groups in total. The zero-order valence-corrected chi connectivity index (χ0v) is 8.27. The Balaban J connectivity index is 2.87. The van der Waals surface area contributed by atoms with Crippen molar-refractivity contribution in [3.05, 3.63) is 32.9 Å². The van der Waals surface area contributed by atoms with E-state index in [1.165, 1.54) is 0 Å². The quantitative estimate of drug-likeness (QED) is 0.535. The summed E-state index contributed by atoms with van der Waals surface area (Å²) in [6.45, 7) is 5.25. The van der Waals surface area contributed by atoms with Crippen molar-refractivity contribution >= 4 is 0 Å².